The number of amides is 2. The molecule has 43 heteroatoms. The van der Waals surface area contributed by atoms with E-state index < -0.39 is 180 Å². The predicted octanol–water partition coefficient (Wildman–Crippen LogP) is -2.34. The number of hydrogen-bond donors (Lipinski definition) is 15. The predicted molar refractivity (Wildman–Crippen MR) is 364 cm³/mol. The number of carbonyl (C=O) groups excluding carboxylic acids is 2. The molecule has 2 amide bonds. The molecular formula is C65H83Ac6N9O26P2. The van der Waals surface area contributed by atoms with Crippen LogP contribution in [0.25, 0.3) is 20.9 Å². The Morgan fingerprint density at radius 2 is 0.759 bits per heavy atom. The average molecular weight is 2830 g/mol. The summed E-state index contributed by atoms with van der Waals surface area (Å²) in [6.07, 6.45) is -21.0. The number of hydrogen-bond acceptors (Lipinski definition) is 27. The molecule has 6 radical (unpaired) electrons. The van der Waals surface area contributed by atoms with Gasteiger partial charge in [0.05, 0.1) is 61.9 Å². The van der Waals surface area contributed by atoms with Crippen LogP contribution in [0.4, 0.5) is 0 Å². The van der Waals surface area contributed by atoms with E-state index in [2.05, 4.69) is 35.5 Å². The van der Waals surface area contributed by atoms with Gasteiger partial charge >= 0.3 is 0 Å². The number of methoxy groups -OCH3 is 1. The molecule has 0 saturated carbocycles. The van der Waals surface area contributed by atoms with Crippen molar-refractivity contribution in [3.8, 4) is 0 Å². The molecule has 0 bridgehead atoms. The topological polar surface area (TPSA) is 583 Å². The van der Waals surface area contributed by atoms with Gasteiger partial charge in [-0.05, 0) is 30.1 Å². The zero-order valence-electron chi connectivity index (χ0n) is 57.2. The van der Waals surface area contributed by atoms with Gasteiger partial charge in [-0.15, -0.1) is 10.1 Å². The van der Waals surface area contributed by atoms with Crippen LogP contribution in [-0.4, -0.2) is 245 Å². The number of aliphatic hydroxyl groups is 13. The van der Waals surface area contributed by atoms with Crippen molar-refractivity contribution in [1.29, 1.82) is 0 Å². The SMILES string of the molecule is C.CC1OC(CO)[C@H](O)C(O)[C@@H]1NC(=O)c1ccccc1P(=O)(c1ccccc1)c1ccccc1.COC1OC(CO)[C@H](O)C(O)[C@@H]1N=[N+]=[N-].O.O=C(N[C@@H]1C(O)OC(CO)[C@@H](O)C1O)c1ccccc1P(=O)(c1ccccc1)c1ccccc1.[Ac].[Ac].[Ac].[Ac].[Ac].[Ac].[N-]=[N+]=N[C@@H]1C(O[N+](=O)[O-])OC(CO)[C@@H](O)C1O. The third-order valence-electron chi connectivity index (χ3n) is 16.6. The van der Waals surface area contributed by atoms with Crippen molar-refractivity contribution in [3.63, 3.8) is 0 Å². The van der Waals surface area contributed by atoms with Crippen molar-refractivity contribution in [3.05, 3.63) is 212 Å². The zero-order valence-corrected chi connectivity index (χ0v) is 87.5. The van der Waals surface area contributed by atoms with Crippen molar-refractivity contribution in [2.75, 3.05) is 33.5 Å². The maximum atomic E-state index is 14.8. The summed E-state index contributed by atoms with van der Waals surface area (Å²) in [5.41, 5.74) is 16.8. The van der Waals surface area contributed by atoms with Gasteiger partial charge in [-0.2, -0.15) is 0 Å². The van der Waals surface area contributed by atoms with Crippen molar-refractivity contribution in [2.45, 2.75) is 137 Å². The Balaban J connectivity index is 0. The molecule has 4 heterocycles. The third kappa shape index (κ3) is 27.8. The Morgan fingerprint density at radius 1 is 0.472 bits per heavy atom. The number of carbonyl (C=O) groups is 2. The Morgan fingerprint density at radius 3 is 1.09 bits per heavy atom. The summed E-state index contributed by atoms with van der Waals surface area (Å²) in [5.74, 6) is -1.25. The van der Waals surface area contributed by atoms with Crippen LogP contribution >= 0.6 is 14.3 Å². The molecule has 0 aromatic heterocycles. The van der Waals surface area contributed by atoms with Gasteiger partial charge in [0.15, 0.2) is 26.9 Å². The van der Waals surface area contributed by atoms with Gasteiger partial charge in [0.25, 0.3) is 16.9 Å². The van der Waals surface area contributed by atoms with Crippen LogP contribution < -0.4 is 42.5 Å². The monoisotopic (exact) mass is 2830 g/mol. The van der Waals surface area contributed by atoms with Crippen LogP contribution in [0.3, 0.4) is 0 Å². The molecule has 0 spiro atoms. The molecule has 17 N–H and O–H groups in total. The van der Waals surface area contributed by atoms with E-state index in [1.54, 1.807) is 122 Å². The van der Waals surface area contributed by atoms with E-state index in [9.17, 15) is 85.0 Å². The minimum atomic E-state index is -3.48. The van der Waals surface area contributed by atoms with Crippen LogP contribution in [0.2, 0.25) is 0 Å². The molecule has 6 aromatic carbocycles. The molecule has 108 heavy (non-hydrogen) atoms. The van der Waals surface area contributed by atoms with Crippen LogP contribution in [0.5, 0.6) is 0 Å². The first-order valence-corrected chi connectivity index (χ1v) is 34.2. The third-order valence-corrected chi connectivity index (χ3v) is 22.9. The molecule has 4 aliphatic heterocycles. The summed E-state index contributed by atoms with van der Waals surface area (Å²) in [5, 5.41) is 150. The molecule has 4 aliphatic rings. The first-order chi connectivity index (χ1) is 47.9. The molecule has 4 fully saturated rings. The Labute approximate surface area is 835 Å². The van der Waals surface area contributed by atoms with E-state index >= 15 is 0 Å². The van der Waals surface area contributed by atoms with Crippen LogP contribution in [0.15, 0.2) is 180 Å². The van der Waals surface area contributed by atoms with Crippen molar-refractivity contribution in [1.82, 2.24) is 10.6 Å². The fourth-order valence-electron chi connectivity index (χ4n) is 11.4. The largest absolute Gasteiger partial charge is 0.412 e. The molecule has 0 aliphatic carbocycles. The second kappa shape index (κ2) is 54.5. The number of aliphatic hydroxyl groups excluding tert-OH is 13. The normalized spacial score (nSPS) is 27.2. The summed E-state index contributed by atoms with van der Waals surface area (Å²) in [7, 11) is -5.58. The van der Waals surface area contributed by atoms with Gasteiger partial charge in [0, 0.05) is 313 Å². The standard InChI is InChI=1S/C26H28NO6P.C25H26NO7P.C7H13N3O5.C6H10N4O7.CH4.6Ac.H2O/c1-17-23(25(30)24(29)21(16-28)33-17)27-26(31)20-14-8-9-15-22(20)34(32,18-10-4-2-5-11-18)19-12-6-3-7-13-19;27-15-19-22(28)23(29)21(25(31)33-19)26-24(30)18-13-7-8-14-20(18)34(32,16-9-3-1-4-10-16)17-11-5-2-6-12-17;1-14-7-4(9-10-8)6(13)5(12)3(2-11)15-7;7-9-8-3-5(13)4(12)2(1-11)16-6(3)17-10(14)15;;;;;;;;/h2-15,17,21,23-25,28-30H,16H2,1H3,(H,27,31);1-14,19,21-23,25,27-29,31H,15H2,(H,26,30);3-7,11-13H,2H2,1H3;2-6,11-13H,1H2;1H4;;;;;;;1H2/t17?,21?,23-,24+,25?;19?,21-,22+,23?,25?;3?,4-,5-,6?,7?;2?,3-,4+,5?,6?;;;;;;;;/m1000......../s1. The van der Waals surface area contributed by atoms with Gasteiger partial charge in [-0.25, -0.2) is 0 Å². The van der Waals surface area contributed by atoms with E-state index in [0.717, 1.165) is 0 Å². The summed E-state index contributed by atoms with van der Waals surface area (Å²) >= 11 is 0. The maximum Gasteiger partial charge on any atom is 0.297 e. The number of azide groups is 2. The Bertz CT molecular complexity index is 3580. The van der Waals surface area contributed by atoms with Crippen LogP contribution in [0, 0.1) is 274 Å². The van der Waals surface area contributed by atoms with E-state index in [-0.39, 0.29) is 288 Å². The Kier molecular flexibility index (Phi) is 55.7. The molecule has 6 aromatic rings. The van der Waals surface area contributed by atoms with Crippen molar-refractivity contribution < 1.29 is 389 Å². The summed E-state index contributed by atoms with van der Waals surface area (Å²) < 4.78 is 54.9. The second-order valence-electron chi connectivity index (χ2n) is 22.7. The quantitative estimate of drug-likeness (QED) is 0.0101. The van der Waals surface area contributed by atoms with Crippen molar-refractivity contribution in [2.24, 2.45) is 10.2 Å². The molecule has 4 saturated heterocycles. The molecular weight excluding hydrogens is 2750 g/mol. The Hall–Kier alpha value is 0.429. The molecule has 572 valence electrons. The second-order valence-corrected chi connectivity index (χ2v) is 28.2. The van der Waals surface area contributed by atoms with E-state index in [1.165, 1.54) is 13.2 Å². The van der Waals surface area contributed by atoms with E-state index in [1.807, 2.05) is 48.5 Å². The fraction of sp³-hybridized carbons (Fsp3) is 0.415. The zero-order chi connectivity index (χ0) is 73.0. The molecule has 20 atom stereocenters. The van der Waals surface area contributed by atoms with E-state index in [0.29, 0.717) is 31.8 Å². The number of benzene rings is 6. The number of nitrogens with one attached hydrogen (secondary N) is 2. The number of rotatable bonds is 19. The smallest absolute Gasteiger partial charge is 0.297 e. The molecule has 12 unspecified atom stereocenters. The first kappa shape index (κ1) is 110. The summed E-state index contributed by atoms with van der Waals surface area (Å²) in [6.45, 7) is -0.563. The van der Waals surface area contributed by atoms with Gasteiger partial charge in [-0.3, -0.25) is 14.4 Å². The average Bonchev–Trinajstić information content (AvgIpc) is 0.757. The number of ether oxygens (including phenoxy) is 5. The first-order valence-electron chi connectivity index (χ1n) is 30.8. The summed E-state index contributed by atoms with van der Waals surface area (Å²) in [6, 6.07) is 44.1. The molecule has 35 nitrogen and oxygen atoms in total. The maximum absolute atomic E-state index is 14.8. The van der Waals surface area contributed by atoms with Crippen molar-refractivity contribution >= 4 is 57.9 Å². The van der Waals surface area contributed by atoms with Gasteiger partial charge in [-0.1, -0.05) is 175 Å². The van der Waals surface area contributed by atoms with Gasteiger partial charge < -0.3 is 115 Å². The minimum Gasteiger partial charge on any atom is -0.412 e. The van der Waals surface area contributed by atoms with Gasteiger partial charge in [0.2, 0.25) is 6.29 Å². The van der Waals surface area contributed by atoms with Gasteiger partial charge in [0.1, 0.15) is 79.2 Å². The van der Waals surface area contributed by atoms with E-state index in [4.69, 9.17) is 45.0 Å². The fourth-order valence-corrected chi connectivity index (χ4v) is 17.1. The summed E-state index contributed by atoms with van der Waals surface area (Å²) in [4.78, 5) is 45.9. The number of nitrogens with zero attached hydrogens (tertiary/aromatic N) is 7. The van der Waals surface area contributed by atoms with Crippen LogP contribution in [0.1, 0.15) is 35.1 Å². The van der Waals surface area contributed by atoms with Crippen LogP contribution in [-0.2, 0) is 37.7 Å². The minimum absolute atomic E-state index is 0. The molecule has 10 rings (SSSR count).